The summed E-state index contributed by atoms with van der Waals surface area (Å²) in [5, 5.41) is 3.15. The third-order valence-electron chi connectivity index (χ3n) is 1.85. The zero-order valence-corrected chi connectivity index (χ0v) is 6.34. The van der Waals surface area contributed by atoms with Gasteiger partial charge in [0.2, 0.25) is 0 Å². The smallest absolute Gasteiger partial charge is 0.139 e. The molecule has 58 valence electrons. The molecule has 0 saturated carbocycles. The maximum Gasteiger partial charge on any atom is 0.139 e. The van der Waals surface area contributed by atoms with E-state index in [9.17, 15) is 0 Å². The van der Waals surface area contributed by atoms with Gasteiger partial charge in [-0.05, 0) is 12.5 Å². The standard InChI is InChI=1S/C9H11NO/c1-2-4-8-6-10-7-11-9(8)5-3-1/h1,3-5,10H,2,6-7H2. The fraction of sp³-hybridized carbons (Fsp3) is 0.333. The minimum absolute atomic E-state index is 0.636. The molecule has 0 aromatic heterocycles. The molecule has 1 aliphatic carbocycles. The van der Waals surface area contributed by atoms with Crippen LogP contribution in [0.25, 0.3) is 0 Å². The van der Waals surface area contributed by atoms with Crippen LogP contribution in [0, 0.1) is 0 Å². The Kier molecular flexibility index (Phi) is 1.78. The largest absolute Gasteiger partial charge is 0.478 e. The zero-order chi connectivity index (χ0) is 7.52. The van der Waals surface area contributed by atoms with Crippen molar-refractivity contribution in [2.24, 2.45) is 0 Å². The number of nitrogens with one attached hydrogen (secondary N) is 1. The minimum atomic E-state index is 0.636. The van der Waals surface area contributed by atoms with Crippen molar-refractivity contribution in [1.82, 2.24) is 5.32 Å². The second-order valence-electron chi connectivity index (χ2n) is 2.64. The first-order valence-electron chi connectivity index (χ1n) is 3.86. The molecule has 11 heavy (non-hydrogen) atoms. The fourth-order valence-corrected chi connectivity index (χ4v) is 1.27. The van der Waals surface area contributed by atoms with Crippen molar-refractivity contribution in [1.29, 1.82) is 0 Å². The lowest BCUT2D eigenvalue weighted by Crippen LogP contribution is -2.27. The van der Waals surface area contributed by atoms with Gasteiger partial charge in [-0.3, -0.25) is 5.32 Å². The lowest BCUT2D eigenvalue weighted by atomic mass is 10.2. The summed E-state index contributed by atoms with van der Waals surface area (Å²) in [7, 11) is 0. The molecule has 0 amide bonds. The van der Waals surface area contributed by atoms with Gasteiger partial charge in [0.25, 0.3) is 0 Å². The van der Waals surface area contributed by atoms with Gasteiger partial charge < -0.3 is 4.74 Å². The number of hydrogen-bond acceptors (Lipinski definition) is 2. The van der Waals surface area contributed by atoms with Gasteiger partial charge in [0.1, 0.15) is 12.5 Å². The summed E-state index contributed by atoms with van der Waals surface area (Å²) in [5.74, 6) is 1.03. The topological polar surface area (TPSA) is 21.3 Å². The molecule has 2 rings (SSSR count). The Bertz CT molecular complexity index is 238. The molecule has 0 unspecified atom stereocenters. The second kappa shape index (κ2) is 2.93. The van der Waals surface area contributed by atoms with E-state index in [1.807, 2.05) is 12.2 Å². The average molecular weight is 149 g/mol. The number of rotatable bonds is 0. The van der Waals surface area contributed by atoms with Gasteiger partial charge in [-0.1, -0.05) is 18.2 Å². The fourth-order valence-electron chi connectivity index (χ4n) is 1.27. The van der Waals surface area contributed by atoms with Crippen LogP contribution < -0.4 is 5.32 Å². The van der Waals surface area contributed by atoms with Crippen molar-refractivity contribution in [3.63, 3.8) is 0 Å². The molecular weight excluding hydrogens is 138 g/mol. The molecule has 0 aromatic carbocycles. The maximum absolute atomic E-state index is 5.39. The SMILES string of the molecule is C1=CCC=C2CNCOC2=C1. The first-order chi connectivity index (χ1) is 5.47. The van der Waals surface area contributed by atoms with Crippen LogP contribution in [0.3, 0.4) is 0 Å². The molecule has 0 bridgehead atoms. The molecule has 0 spiro atoms. The van der Waals surface area contributed by atoms with Gasteiger partial charge in [-0.2, -0.15) is 0 Å². The molecule has 0 aromatic rings. The van der Waals surface area contributed by atoms with Crippen molar-refractivity contribution < 1.29 is 4.74 Å². The van der Waals surface area contributed by atoms with Crippen LogP contribution in [-0.2, 0) is 4.74 Å². The first kappa shape index (κ1) is 6.68. The highest BCUT2D eigenvalue weighted by atomic mass is 16.5. The van der Waals surface area contributed by atoms with Crippen molar-refractivity contribution >= 4 is 0 Å². The predicted octanol–water partition coefficient (Wildman–Crippen LogP) is 1.33. The normalized spacial score (nSPS) is 22.5. The Morgan fingerprint density at radius 2 is 2.45 bits per heavy atom. The van der Waals surface area contributed by atoms with Gasteiger partial charge >= 0.3 is 0 Å². The van der Waals surface area contributed by atoms with E-state index in [0.29, 0.717) is 6.73 Å². The Morgan fingerprint density at radius 1 is 1.45 bits per heavy atom. The molecule has 1 fully saturated rings. The van der Waals surface area contributed by atoms with Crippen molar-refractivity contribution in [2.75, 3.05) is 13.3 Å². The quantitative estimate of drug-likeness (QED) is 0.561. The van der Waals surface area contributed by atoms with E-state index < -0.39 is 0 Å². The van der Waals surface area contributed by atoms with Crippen molar-refractivity contribution in [2.45, 2.75) is 6.42 Å². The van der Waals surface area contributed by atoms with Gasteiger partial charge in [0, 0.05) is 12.1 Å². The molecular formula is C9H11NO. The Hall–Kier alpha value is -1.02. The Morgan fingerprint density at radius 3 is 3.45 bits per heavy atom. The molecule has 1 heterocycles. The van der Waals surface area contributed by atoms with Crippen LogP contribution >= 0.6 is 0 Å². The highest BCUT2D eigenvalue weighted by Gasteiger charge is 2.11. The summed E-state index contributed by atoms with van der Waals surface area (Å²) in [6.45, 7) is 1.57. The molecule has 1 N–H and O–H groups in total. The number of allylic oxidation sites excluding steroid dienone is 4. The summed E-state index contributed by atoms with van der Waals surface area (Å²) in [6, 6.07) is 0. The van der Waals surface area contributed by atoms with E-state index in [0.717, 1.165) is 18.7 Å². The van der Waals surface area contributed by atoms with E-state index in [1.165, 1.54) is 5.57 Å². The third-order valence-corrected chi connectivity index (χ3v) is 1.85. The van der Waals surface area contributed by atoms with Crippen LogP contribution in [0.5, 0.6) is 0 Å². The summed E-state index contributed by atoms with van der Waals surface area (Å²) < 4.78 is 5.39. The summed E-state index contributed by atoms with van der Waals surface area (Å²) in [6.07, 6.45) is 9.41. The van der Waals surface area contributed by atoms with Crippen LogP contribution in [0.4, 0.5) is 0 Å². The van der Waals surface area contributed by atoms with Gasteiger partial charge in [0.05, 0.1) is 0 Å². The van der Waals surface area contributed by atoms with E-state index in [4.69, 9.17) is 4.74 Å². The minimum Gasteiger partial charge on any atom is -0.478 e. The zero-order valence-electron chi connectivity index (χ0n) is 6.34. The maximum atomic E-state index is 5.39. The molecule has 2 heteroatoms. The van der Waals surface area contributed by atoms with E-state index in [1.54, 1.807) is 0 Å². The molecule has 0 radical (unpaired) electrons. The molecule has 1 aliphatic heterocycles. The highest BCUT2D eigenvalue weighted by Crippen LogP contribution is 2.17. The van der Waals surface area contributed by atoms with Crippen molar-refractivity contribution in [3.05, 3.63) is 35.6 Å². The highest BCUT2D eigenvalue weighted by molar-refractivity contribution is 5.34. The van der Waals surface area contributed by atoms with E-state index in [2.05, 4.69) is 17.5 Å². The number of ether oxygens (including phenoxy) is 1. The second-order valence-corrected chi connectivity index (χ2v) is 2.64. The van der Waals surface area contributed by atoms with Crippen LogP contribution in [0.15, 0.2) is 35.6 Å². The lowest BCUT2D eigenvalue weighted by Gasteiger charge is -2.19. The molecule has 1 saturated heterocycles. The lowest BCUT2D eigenvalue weighted by molar-refractivity contribution is 0.177. The van der Waals surface area contributed by atoms with Crippen molar-refractivity contribution in [3.8, 4) is 0 Å². The van der Waals surface area contributed by atoms with E-state index in [-0.39, 0.29) is 0 Å². The summed E-state index contributed by atoms with van der Waals surface area (Å²) in [4.78, 5) is 0. The summed E-state index contributed by atoms with van der Waals surface area (Å²) in [5.41, 5.74) is 1.28. The average Bonchev–Trinajstić information content (AvgIpc) is 2.28. The van der Waals surface area contributed by atoms with Gasteiger partial charge in [0.15, 0.2) is 0 Å². The molecule has 0 atom stereocenters. The third kappa shape index (κ3) is 1.35. The Labute approximate surface area is 66.2 Å². The predicted molar refractivity (Wildman–Crippen MR) is 43.9 cm³/mol. The number of fused-ring (bicyclic) bond motifs is 1. The molecule has 2 nitrogen and oxygen atoms in total. The van der Waals surface area contributed by atoms with Crippen LogP contribution in [0.1, 0.15) is 6.42 Å². The Balaban J connectivity index is 2.26. The molecule has 2 aliphatic rings. The summed E-state index contributed by atoms with van der Waals surface area (Å²) >= 11 is 0. The first-order valence-corrected chi connectivity index (χ1v) is 3.86. The van der Waals surface area contributed by atoms with Gasteiger partial charge in [-0.15, -0.1) is 0 Å². The number of hydrogen-bond donors (Lipinski definition) is 1. The monoisotopic (exact) mass is 149 g/mol. The van der Waals surface area contributed by atoms with Crippen LogP contribution in [0.2, 0.25) is 0 Å². The van der Waals surface area contributed by atoms with Crippen LogP contribution in [-0.4, -0.2) is 13.3 Å². The van der Waals surface area contributed by atoms with E-state index >= 15 is 0 Å². The van der Waals surface area contributed by atoms with Gasteiger partial charge in [-0.25, -0.2) is 0 Å².